The first kappa shape index (κ1) is 10.2. The summed E-state index contributed by atoms with van der Waals surface area (Å²) in [6.45, 7) is 1.47. The molecule has 2 aromatic rings. The Morgan fingerprint density at radius 1 is 1.50 bits per heavy atom. The number of methoxy groups -OCH3 is 1. The Morgan fingerprint density at radius 3 is 2.81 bits per heavy atom. The number of nitrogens with zero attached hydrogens (tertiary/aromatic N) is 1. The average molecular weight is 215 g/mol. The molecular weight excluding hydrogens is 206 g/mol. The highest BCUT2D eigenvalue weighted by Gasteiger charge is 2.14. The number of fused-ring (bicyclic) bond motifs is 1. The maximum absolute atomic E-state index is 11.4. The molecule has 0 saturated carbocycles. The smallest absolute Gasteiger partial charge is 0.205 e. The Morgan fingerprint density at radius 2 is 2.25 bits per heavy atom. The van der Waals surface area contributed by atoms with Crippen LogP contribution in [0.5, 0.6) is 5.75 Å². The van der Waals surface area contributed by atoms with Crippen LogP contribution in [0.25, 0.3) is 11.0 Å². The lowest BCUT2D eigenvalue weighted by molar-refractivity contribution is 0.101. The minimum atomic E-state index is -0.0713. The van der Waals surface area contributed by atoms with E-state index < -0.39 is 0 Å². The standard InChI is InChI=1S/C12H9NO3/c1-7(14)9-3-4-11(15-2)12-10(9)5-8(6-13)16-12/h3-5H,1-2H3. The van der Waals surface area contributed by atoms with Crippen molar-refractivity contribution in [1.29, 1.82) is 5.26 Å². The van der Waals surface area contributed by atoms with Gasteiger partial charge in [-0.3, -0.25) is 4.79 Å². The number of hydrogen-bond acceptors (Lipinski definition) is 4. The summed E-state index contributed by atoms with van der Waals surface area (Å²) in [7, 11) is 1.51. The van der Waals surface area contributed by atoms with E-state index in [1.165, 1.54) is 14.0 Å². The molecule has 80 valence electrons. The molecule has 0 amide bonds. The van der Waals surface area contributed by atoms with Gasteiger partial charge in [0.2, 0.25) is 5.76 Å². The molecule has 0 radical (unpaired) electrons. The second-order valence-electron chi connectivity index (χ2n) is 3.34. The van der Waals surface area contributed by atoms with E-state index in [9.17, 15) is 4.79 Å². The summed E-state index contributed by atoms with van der Waals surface area (Å²) in [6, 6.07) is 6.77. The molecule has 0 atom stereocenters. The number of carbonyl (C=O) groups excluding carboxylic acids is 1. The molecule has 0 bridgehead atoms. The van der Waals surface area contributed by atoms with E-state index in [0.717, 1.165) is 0 Å². The lowest BCUT2D eigenvalue weighted by Crippen LogP contribution is -1.93. The van der Waals surface area contributed by atoms with Crippen LogP contribution in [0.1, 0.15) is 23.0 Å². The van der Waals surface area contributed by atoms with E-state index in [0.29, 0.717) is 22.3 Å². The first-order chi connectivity index (χ1) is 7.67. The van der Waals surface area contributed by atoms with Crippen LogP contribution in [0.3, 0.4) is 0 Å². The molecule has 4 nitrogen and oxygen atoms in total. The van der Waals surface area contributed by atoms with E-state index in [-0.39, 0.29) is 11.5 Å². The van der Waals surface area contributed by atoms with Crippen molar-refractivity contribution < 1.29 is 13.9 Å². The molecule has 0 aliphatic carbocycles. The predicted molar refractivity (Wildman–Crippen MR) is 57.5 cm³/mol. The molecular formula is C12H9NO3. The van der Waals surface area contributed by atoms with Gasteiger partial charge in [-0.05, 0) is 19.1 Å². The Labute approximate surface area is 92.0 Å². The zero-order valence-corrected chi connectivity index (χ0v) is 8.90. The zero-order valence-electron chi connectivity index (χ0n) is 8.90. The summed E-state index contributed by atoms with van der Waals surface area (Å²) in [5, 5.41) is 9.38. The molecule has 1 aromatic carbocycles. The van der Waals surface area contributed by atoms with Crippen molar-refractivity contribution in [2.24, 2.45) is 0 Å². The molecule has 0 aliphatic heterocycles. The van der Waals surface area contributed by atoms with E-state index >= 15 is 0 Å². The lowest BCUT2D eigenvalue weighted by atomic mass is 10.1. The molecule has 4 heteroatoms. The summed E-state index contributed by atoms with van der Waals surface area (Å²) < 4.78 is 10.4. The minimum absolute atomic E-state index is 0.0713. The molecule has 1 heterocycles. The fraction of sp³-hybridized carbons (Fsp3) is 0.167. The summed E-state index contributed by atoms with van der Waals surface area (Å²) >= 11 is 0. The van der Waals surface area contributed by atoms with Crippen molar-refractivity contribution in [3.05, 3.63) is 29.5 Å². The molecule has 0 aliphatic rings. The number of rotatable bonds is 2. The molecule has 2 rings (SSSR count). The van der Waals surface area contributed by atoms with E-state index in [4.69, 9.17) is 14.4 Å². The molecule has 16 heavy (non-hydrogen) atoms. The summed E-state index contributed by atoms with van der Waals surface area (Å²) in [4.78, 5) is 11.4. The highest BCUT2D eigenvalue weighted by atomic mass is 16.5. The Bertz CT molecular complexity index is 604. The van der Waals surface area contributed by atoms with Gasteiger partial charge in [-0.25, -0.2) is 0 Å². The maximum Gasteiger partial charge on any atom is 0.205 e. The maximum atomic E-state index is 11.4. The van der Waals surface area contributed by atoms with Crippen LogP contribution in [0, 0.1) is 11.3 Å². The Kier molecular flexibility index (Phi) is 2.37. The quantitative estimate of drug-likeness (QED) is 0.722. The molecule has 0 N–H and O–H groups in total. The monoisotopic (exact) mass is 215 g/mol. The third kappa shape index (κ3) is 1.43. The lowest BCUT2D eigenvalue weighted by Gasteiger charge is -2.02. The number of ether oxygens (including phenoxy) is 1. The Hall–Kier alpha value is -2.28. The van der Waals surface area contributed by atoms with Crippen LogP contribution < -0.4 is 4.74 Å². The van der Waals surface area contributed by atoms with Gasteiger partial charge in [0.15, 0.2) is 17.1 Å². The predicted octanol–water partition coefficient (Wildman–Crippen LogP) is 2.52. The normalized spacial score (nSPS) is 10.1. The second-order valence-corrected chi connectivity index (χ2v) is 3.34. The van der Waals surface area contributed by atoms with Crippen molar-refractivity contribution in [2.75, 3.05) is 7.11 Å². The van der Waals surface area contributed by atoms with Crippen molar-refractivity contribution in [3.63, 3.8) is 0 Å². The van der Waals surface area contributed by atoms with Crippen LogP contribution in [0.4, 0.5) is 0 Å². The molecule has 0 fully saturated rings. The molecule has 0 spiro atoms. The van der Waals surface area contributed by atoms with Crippen LogP contribution >= 0.6 is 0 Å². The van der Waals surface area contributed by atoms with Gasteiger partial charge in [0.1, 0.15) is 6.07 Å². The molecule has 1 aromatic heterocycles. The number of carbonyl (C=O) groups is 1. The minimum Gasteiger partial charge on any atom is -0.493 e. The highest BCUT2D eigenvalue weighted by molar-refractivity contribution is 6.07. The number of furan rings is 1. The SMILES string of the molecule is COc1ccc(C(C)=O)c2cc(C#N)oc12. The highest BCUT2D eigenvalue weighted by Crippen LogP contribution is 2.31. The fourth-order valence-corrected chi connectivity index (χ4v) is 1.62. The second kappa shape index (κ2) is 3.70. The van der Waals surface area contributed by atoms with E-state index in [2.05, 4.69) is 0 Å². The van der Waals surface area contributed by atoms with Crippen LogP contribution in [-0.4, -0.2) is 12.9 Å². The fourth-order valence-electron chi connectivity index (χ4n) is 1.62. The van der Waals surface area contributed by atoms with Crippen molar-refractivity contribution >= 4 is 16.8 Å². The van der Waals surface area contributed by atoms with Gasteiger partial charge in [0, 0.05) is 17.0 Å². The van der Waals surface area contributed by atoms with Gasteiger partial charge in [0.25, 0.3) is 0 Å². The number of ketones is 1. The van der Waals surface area contributed by atoms with Crippen molar-refractivity contribution in [1.82, 2.24) is 0 Å². The third-order valence-electron chi connectivity index (χ3n) is 2.36. The number of Topliss-reactive ketones (excluding diaryl/α,β-unsaturated/α-hetero) is 1. The van der Waals surface area contributed by atoms with E-state index in [1.54, 1.807) is 18.2 Å². The van der Waals surface area contributed by atoms with Crippen LogP contribution in [0.15, 0.2) is 22.6 Å². The first-order valence-corrected chi connectivity index (χ1v) is 4.69. The Balaban J connectivity index is 2.84. The van der Waals surface area contributed by atoms with Gasteiger partial charge in [-0.1, -0.05) is 0 Å². The zero-order chi connectivity index (χ0) is 11.7. The summed E-state index contributed by atoms with van der Waals surface area (Å²) in [5.41, 5.74) is 0.966. The average Bonchev–Trinajstić information content (AvgIpc) is 2.70. The first-order valence-electron chi connectivity index (χ1n) is 4.69. The third-order valence-corrected chi connectivity index (χ3v) is 2.36. The van der Waals surface area contributed by atoms with Gasteiger partial charge >= 0.3 is 0 Å². The van der Waals surface area contributed by atoms with Gasteiger partial charge in [-0.15, -0.1) is 0 Å². The number of nitriles is 1. The topological polar surface area (TPSA) is 63.2 Å². The molecule has 0 unspecified atom stereocenters. The van der Waals surface area contributed by atoms with Crippen molar-refractivity contribution in [2.45, 2.75) is 6.92 Å². The van der Waals surface area contributed by atoms with Gasteiger partial charge in [-0.2, -0.15) is 5.26 Å². The molecule has 0 saturated heterocycles. The summed E-state index contributed by atoms with van der Waals surface area (Å²) in [6.07, 6.45) is 0. The summed E-state index contributed by atoms with van der Waals surface area (Å²) in [5.74, 6) is 0.612. The van der Waals surface area contributed by atoms with Crippen molar-refractivity contribution in [3.8, 4) is 11.8 Å². The van der Waals surface area contributed by atoms with Gasteiger partial charge in [0.05, 0.1) is 7.11 Å². The van der Waals surface area contributed by atoms with Crippen LogP contribution in [-0.2, 0) is 0 Å². The number of benzene rings is 1. The van der Waals surface area contributed by atoms with Gasteiger partial charge < -0.3 is 9.15 Å². The largest absolute Gasteiger partial charge is 0.493 e. The number of hydrogen-bond donors (Lipinski definition) is 0. The van der Waals surface area contributed by atoms with E-state index in [1.807, 2.05) is 6.07 Å². The van der Waals surface area contributed by atoms with Crippen LogP contribution in [0.2, 0.25) is 0 Å².